The number of nitrogens with one attached hydrogen (secondary N) is 2. The third-order valence-corrected chi connectivity index (χ3v) is 3.12. The Bertz CT molecular complexity index is 483. The van der Waals surface area contributed by atoms with E-state index in [9.17, 15) is 4.79 Å². The molecule has 20 heavy (non-hydrogen) atoms. The zero-order valence-electron chi connectivity index (χ0n) is 11.5. The molecule has 0 bridgehead atoms. The maximum atomic E-state index is 11.4. The molecule has 4 nitrogen and oxygen atoms in total. The molecule has 2 N–H and O–H groups in total. The van der Waals surface area contributed by atoms with Gasteiger partial charge in [-0.2, -0.15) is 0 Å². The summed E-state index contributed by atoms with van der Waals surface area (Å²) in [4.78, 5) is 11.4. The van der Waals surface area contributed by atoms with Crippen LogP contribution in [-0.2, 0) is 11.3 Å². The lowest BCUT2D eigenvalue weighted by Gasteiger charge is -2.10. The molecule has 108 valence electrons. The summed E-state index contributed by atoms with van der Waals surface area (Å²) in [7, 11) is 0. The Kier molecular flexibility index (Phi) is 7.78. The van der Waals surface area contributed by atoms with E-state index >= 15 is 0 Å². The lowest BCUT2D eigenvalue weighted by atomic mass is 10.2. The minimum absolute atomic E-state index is 0.0479. The van der Waals surface area contributed by atoms with Crippen molar-refractivity contribution in [2.24, 2.45) is 0 Å². The van der Waals surface area contributed by atoms with Crippen LogP contribution in [0.5, 0.6) is 5.75 Å². The lowest BCUT2D eigenvalue weighted by molar-refractivity contribution is -0.122. The van der Waals surface area contributed by atoms with Crippen LogP contribution in [0.25, 0.3) is 0 Å². The van der Waals surface area contributed by atoms with Crippen LogP contribution < -0.4 is 15.4 Å². The molecule has 0 heterocycles. The predicted molar refractivity (Wildman–Crippen MR) is 83.5 cm³/mol. The van der Waals surface area contributed by atoms with Crippen molar-refractivity contribution < 1.29 is 9.53 Å². The van der Waals surface area contributed by atoms with Crippen molar-refractivity contribution in [1.29, 1.82) is 0 Å². The van der Waals surface area contributed by atoms with Crippen molar-refractivity contribution in [2.45, 2.75) is 19.9 Å². The van der Waals surface area contributed by atoms with E-state index in [1.165, 1.54) is 0 Å². The number of carbonyl (C=O) groups is 1. The maximum absolute atomic E-state index is 11.4. The average molecular weight is 339 g/mol. The molecule has 0 radical (unpaired) electrons. The summed E-state index contributed by atoms with van der Waals surface area (Å²) >= 11 is 3.44. The van der Waals surface area contributed by atoms with Crippen molar-refractivity contribution in [1.82, 2.24) is 10.6 Å². The molecule has 1 aromatic rings. The number of benzene rings is 1. The fraction of sp³-hybridized carbons (Fsp3) is 0.400. The molecule has 1 rings (SSSR count). The van der Waals surface area contributed by atoms with Crippen LogP contribution in [0.3, 0.4) is 0 Å². The Morgan fingerprint density at radius 1 is 1.50 bits per heavy atom. The van der Waals surface area contributed by atoms with E-state index in [2.05, 4.69) is 39.4 Å². The zero-order chi connectivity index (χ0) is 14.8. The monoisotopic (exact) mass is 338 g/mol. The van der Waals surface area contributed by atoms with Gasteiger partial charge in [-0.15, -0.1) is 6.42 Å². The first-order chi connectivity index (χ1) is 9.67. The van der Waals surface area contributed by atoms with E-state index in [1.54, 1.807) is 0 Å². The molecule has 5 heteroatoms. The Hall–Kier alpha value is -1.51. The quantitative estimate of drug-likeness (QED) is 0.563. The molecular formula is C15H19BrN2O2. The van der Waals surface area contributed by atoms with Crippen LogP contribution in [0.15, 0.2) is 22.7 Å². The third kappa shape index (κ3) is 6.09. The first-order valence-corrected chi connectivity index (χ1v) is 7.28. The standard InChI is InChI=1S/C15H19BrN2O2/c1-3-7-17-10-12-5-6-14(13(16)9-12)20-11-15(19)18-8-4-2/h2,5-6,9,17H,3,7-8,10-11H2,1H3,(H,18,19). The molecule has 1 aromatic carbocycles. The highest BCUT2D eigenvalue weighted by atomic mass is 79.9. The minimum Gasteiger partial charge on any atom is -0.483 e. The Morgan fingerprint density at radius 2 is 2.30 bits per heavy atom. The Balaban J connectivity index is 2.47. The summed E-state index contributed by atoms with van der Waals surface area (Å²) < 4.78 is 6.26. The van der Waals surface area contributed by atoms with E-state index in [4.69, 9.17) is 11.2 Å². The summed E-state index contributed by atoms with van der Waals surface area (Å²) in [5.41, 5.74) is 1.16. The molecule has 0 unspecified atom stereocenters. The van der Waals surface area contributed by atoms with Crippen LogP contribution in [0, 0.1) is 12.3 Å². The molecule has 0 saturated heterocycles. The van der Waals surface area contributed by atoms with Gasteiger partial charge in [0.15, 0.2) is 6.61 Å². The zero-order valence-corrected chi connectivity index (χ0v) is 13.1. The number of carbonyl (C=O) groups excluding carboxylic acids is 1. The third-order valence-electron chi connectivity index (χ3n) is 2.50. The van der Waals surface area contributed by atoms with Gasteiger partial charge in [0.05, 0.1) is 11.0 Å². The largest absolute Gasteiger partial charge is 0.483 e. The minimum atomic E-state index is -0.233. The highest BCUT2D eigenvalue weighted by Crippen LogP contribution is 2.25. The number of ether oxygens (including phenoxy) is 1. The van der Waals surface area contributed by atoms with Crippen LogP contribution >= 0.6 is 15.9 Å². The number of halogens is 1. The maximum Gasteiger partial charge on any atom is 0.258 e. The van der Waals surface area contributed by atoms with Crippen molar-refractivity contribution in [3.8, 4) is 18.1 Å². The second-order valence-corrected chi connectivity index (χ2v) is 5.07. The Morgan fingerprint density at radius 3 is 2.95 bits per heavy atom. The molecule has 0 aliphatic carbocycles. The summed E-state index contributed by atoms with van der Waals surface area (Å²) in [5.74, 6) is 2.74. The number of terminal acetylenes is 1. The van der Waals surface area contributed by atoms with E-state index in [0.29, 0.717) is 5.75 Å². The van der Waals surface area contributed by atoms with Gasteiger partial charge in [0.2, 0.25) is 0 Å². The Labute approximate surface area is 128 Å². The highest BCUT2D eigenvalue weighted by Gasteiger charge is 2.06. The number of rotatable bonds is 8. The van der Waals surface area contributed by atoms with E-state index in [0.717, 1.165) is 29.5 Å². The first kappa shape index (κ1) is 16.5. The molecule has 0 aliphatic rings. The topological polar surface area (TPSA) is 50.4 Å². The van der Waals surface area contributed by atoms with Gasteiger partial charge in [-0.1, -0.05) is 18.9 Å². The van der Waals surface area contributed by atoms with Gasteiger partial charge in [-0.25, -0.2) is 0 Å². The summed E-state index contributed by atoms with van der Waals surface area (Å²) in [6.07, 6.45) is 6.16. The van der Waals surface area contributed by atoms with E-state index in [1.807, 2.05) is 18.2 Å². The smallest absolute Gasteiger partial charge is 0.258 e. The van der Waals surface area contributed by atoms with Crippen LogP contribution in [-0.4, -0.2) is 25.6 Å². The van der Waals surface area contributed by atoms with Crippen molar-refractivity contribution in [3.63, 3.8) is 0 Å². The molecular weight excluding hydrogens is 320 g/mol. The van der Waals surface area contributed by atoms with Gasteiger partial charge in [0.1, 0.15) is 5.75 Å². The van der Waals surface area contributed by atoms with Gasteiger partial charge in [-0.3, -0.25) is 4.79 Å². The van der Waals surface area contributed by atoms with E-state index < -0.39 is 0 Å². The van der Waals surface area contributed by atoms with Crippen molar-refractivity contribution >= 4 is 21.8 Å². The molecule has 0 aliphatic heterocycles. The highest BCUT2D eigenvalue weighted by molar-refractivity contribution is 9.10. The fourth-order valence-corrected chi connectivity index (χ4v) is 2.07. The average Bonchev–Trinajstić information content (AvgIpc) is 2.44. The van der Waals surface area contributed by atoms with Gasteiger partial charge in [0, 0.05) is 6.54 Å². The normalized spacial score (nSPS) is 9.85. The fourth-order valence-electron chi connectivity index (χ4n) is 1.52. The van der Waals surface area contributed by atoms with Crippen LogP contribution in [0.2, 0.25) is 0 Å². The molecule has 0 spiro atoms. The summed E-state index contributed by atoms with van der Waals surface area (Å²) in [5, 5.41) is 5.87. The van der Waals surface area contributed by atoms with E-state index in [-0.39, 0.29) is 19.1 Å². The van der Waals surface area contributed by atoms with Crippen molar-refractivity contribution in [2.75, 3.05) is 19.7 Å². The molecule has 0 fully saturated rings. The van der Waals surface area contributed by atoms with Gasteiger partial charge >= 0.3 is 0 Å². The molecule has 0 atom stereocenters. The second kappa shape index (κ2) is 9.40. The molecule has 0 aromatic heterocycles. The van der Waals surface area contributed by atoms with Crippen LogP contribution in [0.4, 0.5) is 0 Å². The van der Waals surface area contributed by atoms with Gasteiger partial charge in [0.25, 0.3) is 5.91 Å². The predicted octanol–water partition coefficient (Wildman–Crippen LogP) is 2.08. The first-order valence-electron chi connectivity index (χ1n) is 6.49. The summed E-state index contributed by atoms with van der Waals surface area (Å²) in [6, 6.07) is 5.81. The summed E-state index contributed by atoms with van der Waals surface area (Å²) in [6.45, 7) is 4.10. The van der Waals surface area contributed by atoms with Gasteiger partial charge in [-0.05, 0) is 46.6 Å². The number of hydrogen-bond acceptors (Lipinski definition) is 3. The number of hydrogen-bond donors (Lipinski definition) is 2. The lowest BCUT2D eigenvalue weighted by Crippen LogP contribution is -2.29. The van der Waals surface area contributed by atoms with Crippen LogP contribution in [0.1, 0.15) is 18.9 Å². The van der Waals surface area contributed by atoms with Gasteiger partial charge < -0.3 is 15.4 Å². The number of amides is 1. The second-order valence-electron chi connectivity index (χ2n) is 4.21. The van der Waals surface area contributed by atoms with Crippen molar-refractivity contribution in [3.05, 3.63) is 28.2 Å². The SMILES string of the molecule is C#CCNC(=O)COc1ccc(CNCCC)cc1Br. The molecule has 1 amide bonds. The molecule has 0 saturated carbocycles.